The van der Waals surface area contributed by atoms with Crippen LogP contribution in [-0.4, -0.2) is 34.8 Å². The van der Waals surface area contributed by atoms with Crippen molar-refractivity contribution in [2.75, 3.05) is 15.8 Å². The number of fused-ring (bicyclic) bond motifs is 1. The molecule has 0 aliphatic heterocycles. The fraction of sp³-hybridized carbons (Fsp3) is 0.261. The van der Waals surface area contributed by atoms with Crippen molar-refractivity contribution in [1.29, 1.82) is 0 Å². The van der Waals surface area contributed by atoms with Gasteiger partial charge in [-0.2, -0.15) is 5.10 Å². The number of aryl methyl sites for hydroxylation is 1. The smallest absolute Gasteiger partial charge is 0.256 e. The lowest BCUT2D eigenvalue weighted by molar-refractivity contribution is 0.102. The first kappa shape index (κ1) is 22.9. The molecule has 0 saturated heterocycles. The molecule has 10 heteroatoms. The number of aromatic nitrogens is 3. The molecule has 0 unspecified atom stereocenters. The van der Waals surface area contributed by atoms with Gasteiger partial charge in [0.1, 0.15) is 0 Å². The third-order valence-corrected chi connectivity index (χ3v) is 7.42. The van der Waals surface area contributed by atoms with Crippen LogP contribution in [0, 0.1) is 6.92 Å². The summed E-state index contributed by atoms with van der Waals surface area (Å²) in [6, 6.07) is 12.4. The second-order valence-corrected chi connectivity index (χ2v) is 11.2. The van der Waals surface area contributed by atoms with Crippen LogP contribution in [0.15, 0.2) is 48.7 Å². The minimum absolute atomic E-state index is 0.0142. The summed E-state index contributed by atoms with van der Waals surface area (Å²) in [4.78, 5) is 20.2. The van der Waals surface area contributed by atoms with Crippen molar-refractivity contribution in [3.05, 3.63) is 59.1 Å². The zero-order chi connectivity index (χ0) is 23.8. The van der Waals surface area contributed by atoms with Crippen molar-refractivity contribution in [2.45, 2.75) is 33.7 Å². The fourth-order valence-corrected chi connectivity index (χ4v) is 4.82. The minimum atomic E-state index is -3.36. The maximum absolute atomic E-state index is 13.3. The molecule has 1 aromatic carbocycles. The molecular weight excluding hydrogens is 458 g/mol. The van der Waals surface area contributed by atoms with E-state index in [0.717, 1.165) is 15.4 Å². The zero-order valence-corrected chi connectivity index (χ0v) is 20.4. The van der Waals surface area contributed by atoms with Gasteiger partial charge in [0.25, 0.3) is 5.91 Å². The number of benzene rings is 1. The van der Waals surface area contributed by atoms with E-state index in [2.05, 4.69) is 15.1 Å². The van der Waals surface area contributed by atoms with E-state index in [1.807, 2.05) is 37.6 Å². The molecule has 1 amide bonds. The van der Waals surface area contributed by atoms with Gasteiger partial charge in [-0.15, -0.1) is 11.3 Å². The van der Waals surface area contributed by atoms with E-state index in [0.29, 0.717) is 28.0 Å². The van der Waals surface area contributed by atoms with E-state index in [4.69, 9.17) is 4.98 Å². The Bertz CT molecular complexity index is 1420. The largest absolute Gasteiger partial charge is 0.322 e. The van der Waals surface area contributed by atoms with Gasteiger partial charge in [0.15, 0.2) is 5.65 Å². The quantitative estimate of drug-likeness (QED) is 0.382. The lowest BCUT2D eigenvalue weighted by Gasteiger charge is -2.11. The molecule has 0 bridgehead atoms. The predicted molar refractivity (Wildman–Crippen MR) is 133 cm³/mol. The Balaban J connectivity index is 1.69. The van der Waals surface area contributed by atoms with Crippen LogP contribution in [0.25, 0.3) is 21.6 Å². The number of amides is 1. The lowest BCUT2D eigenvalue weighted by Crippen LogP contribution is -2.15. The summed E-state index contributed by atoms with van der Waals surface area (Å²) in [5.41, 5.74) is 2.84. The maximum Gasteiger partial charge on any atom is 0.256 e. The van der Waals surface area contributed by atoms with Crippen molar-refractivity contribution in [3.8, 4) is 10.6 Å². The number of nitrogens with zero attached hydrogens (tertiary/aromatic N) is 3. The van der Waals surface area contributed by atoms with Gasteiger partial charge < -0.3 is 5.32 Å². The van der Waals surface area contributed by atoms with Gasteiger partial charge in [0.05, 0.1) is 33.5 Å². The van der Waals surface area contributed by atoms with Crippen LogP contribution in [0.2, 0.25) is 0 Å². The molecule has 3 heterocycles. The summed E-state index contributed by atoms with van der Waals surface area (Å²) in [6.07, 6.45) is 1.67. The van der Waals surface area contributed by atoms with Gasteiger partial charge in [-0.25, -0.2) is 18.1 Å². The first-order chi connectivity index (χ1) is 15.7. The molecule has 3 aromatic heterocycles. The van der Waals surface area contributed by atoms with Crippen molar-refractivity contribution < 1.29 is 13.2 Å². The van der Waals surface area contributed by atoms with Gasteiger partial charge in [0.2, 0.25) is 10.0 Å². The Hall–Kier alpha value is -3.24. The first-order valence-electron chi connectivity index (χ1n) is 10.5. The Morgan fingerprint density at radius 2 is 1.82 bits per heavy atom. The molecule has 33 heavy (non-hydrogen) atoms. The topological polar surface area (TPSA) is 106 Å². The Labute approximate surface area is 196 Å². The number of hydrogen-bond acceptors (Lipinski definition) is 6. The highest BCUT2D eigenvalue weighted by molar-refractivity contribution is 7.92. The van der Waals surface area contributed by atoms with E-state index in [1.54, 1.807) is 54.8 Å². The molecule has 0 radical (unpaired) electrons. The van der Waals surface area contributed by atoms with Crippen molar-refractivity contribution in [1.82, 2.24) is 14.8 Å². The number of pyridine rings is 1. The van der Waals surface area contributed by atoms with E-state index in [-0.39, 0.29) is 17.7 Å². The number of rotatable bonds is 7. The normalized spacial score (nSPS) is 11.8. The monoisotopic (exact) mass is 483 g/mol. The Morgan fingerprint density at radius 3 is 2.42 bits per heavy atom. The summed E-state index contributed by atoms with van der Waals surface area (Å²) >= 11 is 1.62. The van der Waals surface area contributed by atoms with Gasteiger partial charge >= 0.3 is 0 Å². The summed E-state index contributed by atoms with van der Waals surface area (Å²) in [5.74, 6) is -0.304. The predicted octanol–water partition coefficient (Wildman–Crippen LogP) is 5.06. The third-order valence-electron chi connectivity index (χ3n) is 5.09. The van der Waals surface area contributed by atoms with Crippen LogP contribution in [0.5, 0.6) is 0 Å². The van der Waals surface area contributed by atoms with Gasteiger partial charge in [-0.1, -0.05) is 0 Å². The molecule has 8 nitrogen and oxygen atoms in total. The van der Waals surface area contributed by atoms with E-state index >= 15 is 0 Å². The first-order valence-corrected chi connectivity index (χ1v) is 13.0. The molecule has 172 valence electrons. The second kappa shape index (κ2) is 8.95. The number of nitrogens with one attached hydrogen (secondary N) is 2. The van der Waals surface area contributed by atoms with Crippen molar-refractivity contribution in [2.24, 2.45) is 0 Å². The van der Waals surface area contributed by atoms with Crippen LogP contribution in [-0.2, 0) is 10.0 Å². The Kier molecular flexibility index (Phi) is 6.22. The van der Waals surface area contributed by atoms with Crippen molar-refractivity contribution in [3.63, 3.8) is 0 Å². The average molecular weight is 484 g/mol. The SMILES string of the molecule is CCS(=O)(=O)Nc1ccc(NC(=O)c2cc(-c3ccc(C)s3)nc3c2cnn3C(C)C)cc1. The number of thiophene rings is 1. The molecular formula is C23H25N5O3S2. The highest BCUT2D eigenvalue weighted by Crippen LogP contribution is 2.31. The van der Waals surface area contributed by atoms with Crippen LogP contribution in [0.3, 0.4) is 0 Å². The molecule has 0 aliphatic carbocycles. The molecule has 4 aromatic rings. The zero-order valence-electron chi connectivity index (χ0n) is 18.8. The summed E-state index contributed by atoms with van der Waals surface area (Å²) in [5, 5.41) is 8.02. The van der Waals surface area contributed by atoms with E-state index in [1.165, 1.54) is 0 Å². The molecule has 0 spiro atoms. The van der Waals surface area contributed by atoms with Crippen molar-refractivity contribution >= 4 is 49.7 Å². The van der Waals surface area contributed by atoms with Crippen LogP contribution in [0.1, 0.15) is 42.0 Å². The Morgan fingerprint density at radius 1 is 1.12 bits per heavy atom. The molecule has 4 rings (SSSR count). The van der Waals surface area contributed by atoms with Crippen LogP contribution >= 0.6 is 11.3 Å². The third kappa shape index (κ3) is 4.91. The number of anilines is 2. The molecule has 0 atom stereocenters. The minimum Gasteiger partial charge on any atom is -0.322 e. The number of carbonyl (C=O) groups is 1. The van der Waals surface area contributed by atoms with E-state index < -0.39 is 10.0 Å². The highest BCUT2D eigenvalue weighted by atomic mass is 32.2. The lowest BCUT2D eigenvalue weighted by atomic mass is 10.1. The molecule has 0 aliphatic rings. The standard InChI is InChI=1S/C23H25N5O3S2/c1-5-33(30,31)27-17-9-7-16(8-10-17)25-23(29)18-12-20(21-11-6-15(4)32-21)26-22-19(18)13-24-28(22)14(2)3/h6-14,27H,5H2,1-4H3,(H,25,29). The number of hydrogen-bond donors (Lipinski definition) is 2. The van der Waals surface area contributed by atoms with Gasteiger partial charge in [-0.3, -0.25) is 9.52 Å². The molecule has 2 N–H and O–H groups in total. The maximum atomic E-state index is 13.3. The van der Waals surface area contributed by atoms with Gasteiger partial charge in [0, 0.05) is 22.3 Å². The second-order valence-electron chi connectivity index (χ2n) is 7.92. The fourth-order valence-electron chi connectivity index (χ4n) is 3.35. The van der Waals surface area contributed by atoms with Gasteiger partial charge in [-0.05, 0) is 70.2 Å². The van der Waals surface area contributed by atoms with E-state index in [9.17, 15) is 13.2 Å². The molecule has 0 saturated carbocycles. The summed E-state index contributed by atoms with van der Waals surface area (Å²) in [6.45, 7) is 7.64. The molecule has 0 fully saturated rings. The number of carbonyl (C=O) groups excluding carboxylic acids is 1. The van der Waals surface area contributed by atoms with Crippen LogP contribution in [0.4, 0.5) is 11.4 Å². The summed E-state index contributed by atoms with van der Waals surface area (Å²) < 4.78 is 27.8. The van der Waals surface area contributed by atoms with Crippen LogP contribution < -0.4 is 10.0 Å². The highest BCUT2D eigenvalue weighted by Gasteiger charge is 2.19. The number of sulfonamides is 1. The average Bonchev–Trinajstić information content (AvgIpc) is 3.40. The summed E-state index contributed by atoms with van der Waals surface area (Å²) in [7, 11) is -3.36.